The smallest absolute Gasteiger partial charge is 0.250 e. The first-order valence-electron chi connectivity index (χ1n) is 6.70. The Hall–Kier alpha value is -1.75. The molecule has 1 aromatic rings. The van der Waals surface area contributed by atoms with Crippen molar-refractivity contribution in [2.75, 3.05) is 23.8 Å². The van der Waals surface area contributed by atoms with Gasteiger partial charge in [-0.2, -0.15) is 0 Å². The topological polar surface area (TPSA) is 92.6 Å². The van der Waals surface area contributed by atoms with Crippen LogP contribution in [0.4, 0.5) is 11.4 Å². The number of carbonyl (C=O) groups excluding carboxylic acids is 1. The van der Waals surface area contributed by atoms with E-state index in [0.717, 1.165) is 37.9 Å². The molecule has 0 saturated carbocycles. The van der Waals surface area contributed by atoms with Crippen LogP contribution in [0.1, 0.15) is 36.0 Å². The molecule has 1 heterocycles. The summed E-state index contributed by atoms with van der Waals surface area (Å²) in [5.74, 6) is -0.483. The average molecular weight is 263 g/mol. The van der Waals surface area contributed by atoms with Gasteiger partial charge in [0.2, 0.25) is 0 Å². The predicted molar refractivity (Wildman–Crippen MR) is 76.1 cm³/mol. The first kappa shape index (κ1) is 13.7. The molecule has 0 aliphatic carbocycles. The molecule has 5 N–H and O–H groups in total. The largest absolute Gasteiger partial charge is 0.399 e. The maximum atomic E-state index is 11.6. The fourth-order valence-corrected chi connectivity index (χ4v) is 2.69. The summed E-state index contributed by atoms with van der Waals surface area (Å²) in [4.78, 5) is 13.7. The minimum absolute atomic E-state index is 0.0456. The summed E-state index contributed by atoms with van der Waals surface area (Å²) in [5, 5.41) is 9.55. The standard InChI is InChI=1S/C14H21N3O2/c15-10-5-6-13(12(8-10)14(16)19)17-7-3-1-2-4-11(17)9-18/h5-6,8,11,18H,1-4,7,9,15H2,(H2,16,19). The number of aliphatic hydroxyl groups is 1. The van der Waals surface area contributed by atoms with Crippen LogP contribution in [0.5, 0.6) is 0 Å². The molecule has 1 saturated heterocycles. The molecule has 0 aromatic heterocycles. The number of hydrogen-bond donors (Lipinski definition) is 3. The van der Waals surface area contributed by atoms with Gasteiger partial charge in [-0.15, -0.1) is 0 Å². The molecule has 19 heavy (non-hydrogen) atoms. The van der Waals surface area contributed by atoms with E-state index >= 15 is 0 Å². The number of benzene rings is 1. The lowest BCUT2D eigenvalue weighted by Crippen LogP contribution is -2.38. The summed E-state index contributed by atoms with van der Waals surface area (Å²) < 4.78 is 0. The quantitative estimate of drug-likeness (QED) is 0.712. The maximum absolute atomic E-state index is 11.6. The van der Waals surface area contributed by atoms with Crippen LogP contribution >= 0.6 is 0 Å². The van der Waals surface area contributed by atoms with Crippen molar-refractivity contribution in [2.24, 2.45) is 5.73 Å². The number of anilines is 2. The Morgan fingerprint density at radius 2 is 2.16 bits per heavy atom. The lowest BCUT2D eigenvalue weighted by atomic mass is 10.1. The minimum atomic E-state index is -0.483. The van der Waals surface area contributed by atoms with Crippen molar-refractivity contribution < 1.29 is 9.90 Å². The van der Waals surface area contributed by atoms with Crippen molar-refractivity contribution in [1.29, 1.82) is 0 Å². The van der Waals surface area contributed by atoms with Crippen molar-refractivity contribution >= 4 is 17.3 Å². The van der Waals surface area contributed by atoms with Gasteiger partial charge in [0.15, 0.2) is 0 Å². The van der Waals surface area contributed by atoms with Crippen molar-refractivity contribution in [3.63, 3.8) is 0 Å². The third-order valence-electron chi connectivity index (χ3n) is 3.68. The zero-order chi connectivity index (χ0) is 13.8. The van der Waals surface area contributed by atoms with E-state index in [1.807, 2.05) is 6.07 Å². The molecule has 1 fully saturated rings. The summed E-state index contributed by atoms with van der Waals surface area (Å²) in [5.41, 5.74) is 12.9. The normalized spacial score (nSPS) is 20.1. The maximum Gasteiger partial charge on any atom is 0.250 e. The Morgan fingerprint density at radius 1 is 1.37 bits per heavy atom. The number of nitrogens with two attached hydrogens (primary N) is 2. The van der Waals surface area contributed by atoms with Crippen LogP contribution in [-0.4, -0.2) is 30.2 Å². The van der Waals surface area contributed by atoms with Gasteiger partial charge in [-0.1, -0.05) is 12.8 Å². The number of primary amides is 1. The van der Waals surface area contributed by atoms with Gasteiger partial charge in [-0.3, -0.25) is 4.79 Å². The summed E-state index contributed by atoms with van der Waals surface area (Å²) in [6, 6.07) is 5.24. The highest BCUT2D eigenvalue weighted by molar-refractivity contribution is 5.99. The second-order valence-electron chi connectivity index (χ2n) is 5.02. The predicted octanol–water partition coefficient (Wildman–Crippen LogP) is 1.11. The number of aliphatic hydroxyl groups excluding tert-OH is 1. The second-order valence-corrected chi connectivity index (χ2v) is 5.02. The number of amides is 1. The molecule has 1 amide bonds. The first-order chi connectivity index (χ1) is 9.13. The number of rotatable bonds is 3. The number of nitrogen functional groups attached to an aromatic ring is 1. The molecule has 0 radical (unpaired) electrons. The molecule has 104 valence electrons. The monoisotopic (exact) mass is 263 g/mol. The molecular weight excluding hydrogens is 242 g/mol. The minimum Gasteiger partial charge on any atom is -0.399 e. The molecule has 0 spiro atoms. The summed E-state index contributed by atoms with van der Waals surface area (Å²) in [6.07, 6.45) is 4.23. The van der Waals surface area contributed by atoms with Gasteiger partial charge in [-0.05, 0) is 31.0 Å². The highest BCUT2D eigenvalue weighted by Crippen LogP contribution is 2.28. The van der Waals surface area contributed by atoms with E-state index in [0.29, 0.717) is 11.3 Å². The van der Waals surface area contributed by atoms with Gasteiger partial charge in [0.1, 0.15) is 0 Å². The van der Waals surface area contributed by atoms with Gasteiger partial charge in [-0.25, -0.2) is 0 Å². The molecule has 1 atom stereocenters. The van der Waals surface area contributed by atoms with E-state index in [1.165, 1.54) is 0 Å². The summed E-state index contributed by atoms with van der Waals surface area (Å²) in [7, 11) is 0. The number of nitrogens with zero attached hydrogens (tertiary/aromatic N) is 1. The highest BCUT2D eigenvalue weighted by atomic mass is 16.3. The Labute approximate surface area is 113 Å². The Morgan fingerprint density at radius 3 is 2.84 bits per heavy atom. The third-order valence-corrected chi connectivity index (χ3v) is 3.68. The third kappa shape index (κ3) is 2.98. The molecule has 1 aliphatic rings. The van der Waals surface area contributed by atoms with Crippen molar-refractivity contribution in [3.05, 3.63) is 23.8 Å². The van der Waals surface area contributed by atoms with Crippen LogP contribution in [0.15, 0.2) is 18.2 Å². The molecular formula is C14H21N3O2. The van der Waals surface area contributed by atoms with Crippen LogP contribution in [0, 0.1) is 0 Å². The zero-order valence-electron chi connectivity index (χ0n) is 11.0. The van der Waals surface area contributed by atoms with Gasteiger partial charge >= 0.3 is 0 Å². The Bertz CT molecular complexity index is 462. The van der Waals surface area contributed by atoms with Gasteiger partial charge in [0.25, 0.3) is 5.91 Å². The second kappa shape index (κ2) is 5.93. The fourth-order valence-electron chi connectivity index (χ4n) is 2.69. The van der Waals surface area contributed by atoms with E-state index in [4.69, 9.17) is 11.5 Å². The molecule has 0 bridgehead atoms. The van der Waals surface area contributed by atoms with Crippen LogP contribution in [0.2, 0.25) is 0 Å². The zero-order valence-corrected chi connectivity index (χ0v) is 11.0. The van der Waals surface area contributed by atoms with Gasteiger partial charge < -0.3 is 21.5 Å². The van der Waals surface area contributed by atoms with Crippen LogP contribution < -0.4 is 16.4 Å². The van der Waals surface area contributed by atoms with E-state index in [1.54, 1.807) is 12.1 Å². The first-order valence-corrected chi connectivity index (χ1v) is 6.70. The lowest BCUT2D eigenvalue weighted by molar-refractivity contribution is 0.100. The molecule has 1 aromatic carbocycles. The molecule has 1 aliphatic heterocycles. The Kier molecular flexibility index (Phi) is 4.27. The highest BCUT2D eigenvalue weighted by Gasteiger charge is 2.23. The SMILES string of the molecule is NC(=O)c1cc(N)ccc1N1CCCCCC1CO. The fraction of sp³-hybridized carbons (Fsp3) is 0.500. The summed E-state index contributed by atoms with van der Waals surface area (Å²) in [6.45, 7) is 0.915. The molecule has 1 unspecified atom stereocenters. The average Bonchev–Trinajstić information content (AvgIpc) is 2.63. The van der Waals surface area contributed by atoms with Crippen molar-refractivity contribution in [1.82, 2.24) is 0 Å². The van der Waals surface area contributed by atoms with Gasteiger partial charge in [0, 0.05) is 17.9 Å². The summed E-state index contributed by atoms with van der Waals surface area (Å²) >= 11 is 0. The molecule has 2 rings (SSSR count). The lowest BCUT2D eigenvalue weighted by Gasteiger charge is -2.32. The Balaban J connectivity index is 2.40. The number of carbonyl (C=O) groups is 1. The van der Waals surface area contributed by atoms with Crippen LogP contribution in [0.3, 0.4) is 0 Å². The van der Waals surface area contributed by atoms with Crippen LogP contribution in [0.25, 0.3) is 0 Å². The van der Waals surface area contributed by atoms with Crippen molar-refractivity contribution in [2.45, 2.75) is 31.7 Å². The van der Waals surface area contributed by atoms with E-state index < -0.39 is 5.91 Å². The number of hydrogen-bond acceptors (Lipinski definition) is 4. The van der Waals surface area contributed by atoms with Gasteiger partial charge in [0.05, 0.1) is 18.2 Å². The van der Waals surface area contributed by atoms with E-state index in [2.05, 4.69) is 4.90 Å². The van der Waals surface area contributed by atoms with Crippen LogP contribution in [-0.2, 0) is 0 Å². The van der Waals surface area contributed by atoms with E-state index in [-0.39, 0.29) is 12.6 Å². The van der Waals surface area contributed by atoms with Crippen molar-refractivity contribution in [3.8, 4) is 0 Å². The molecule has 5 heteroatoms. The van der Waals surface area contributed by atoms with E-state index in [9.17, 15) is 9.90 Å². The molecule has 5 nitrogen and oxygen atoms in total.